The molecule has 0 atom stereocenters. The monoisotopic (exact) mass is 130 g/mol. The van der Waals surface area contributed by atoms with E-state index in [1.54, 1.807) is 0 Å². The van der Waals surface area contributed by atoms with Gasteiger partial charge in [0.25, 0.3) is 0 Å². The van der Waals surface area contributed by atoms with E-state index < -0.39 is 0 Å². The Kier molecular flexibility index (Phi) is 3.56. The first-order chi connectivity index (χ1) is 3.66. The summed E-state index contributed by atoms with van der Waals surface area (Å²) in [5.41, 5.74) is 0.792. The third-order valence-electron chi connectivity index (χ3n) is 0.519. The van der Waals surface area contributed by atoms with Gasteiger partial charge < -0.3 is 0 Å². The van der Waals surface area contributed by atoms with Crippen molar-refractivity contribution in [1.29, 1.82) is 0 Å². The highest BCUT2D eigenvalue weighted by molar-refractivity contribution is 8.11. The van der Waals surface area contributed by atoms with Gasteiger partial charge in [0.05, 0.1) is 5.04 Å². The van der Waals surface area contributed by atoms with Crippen LogP contribution in [0, 0.1) is 0 Å². The molecule has 2 N–H and O–H groups in total. The van der Waals surface area contributed by atoms with E-state index in [-0.39, 0.29) is 0 Å². The highest BCUT2D eigenvalue weighted by atomic mass is 32.2. The molecule has 3 heteroatoms. The summed E-state index contributed by atoms with van der Waals surface area (Å²) in [4.78, 5) is 3.96. The zero-order chi connectivity index (χ0) is 6.57. The van der Waals surface area contributed by atoms with Crippen LogP contribution in [-0.2, 0) is 0 Å². The minimum atomic E-state index is 0.792. The molecular formula is C5H10N2S. The molecule has 0 aliphatic heterocycles. The Morgan fingerprint density at radius 2 is 2.12 bits per heavy atom. The molecule has 0 rings (SSSR count). The summed E-state index contributed by atoms with van der Waals surface area (Å²) < 4.78 is 0. The van der Waals surface area contributed by atoms with E-state index in [0.717, 1.165) is 22.7 Å². The summed E-state index contributed by atoms with van der Waals surface area (Å²) >= 11 is 1.14. The van der Waals surface area contributed by atoms with Crippen LogP contribution in [0.5, 0.6) is 0 Å². The lowest BCUT2D eigenvalue weighted by Crippen LogP contribution is -1.88. The SMILES string of the molecule is C=C(C)N=C(C)SN. The Bertz CT molecular complexity index is 118. The van der Waals surface area contributed by atoms with Crippen LogP contribution in [0.15, 0.2) is 17.3 Å². The number of rotatable bonds is 1. The molecule has 0 radical (unpaired) electrons. The minimum Gasteiger partial charge on any atom is -0.273 e. The van der Waals surface area contributed by atoms with Crippen molar-refractivity contribution < 1.29 is 0 Å². The molecule has 0 aromatic heterocycles. The molecule has 0 spiro atoms. The molecule has 0 aromatic carbocycles. The van der Waals surface area contributed by atoms with E-state index >= 15 is 0 Å². The van der Waals surface area contributed by atoms with Crippen molar-refractivity contribution in [3.63, 3.8) is 0 Å². The van der Waals surface area contributed by atoms with E-state index in [9.17, 15) is 0 Å². The first kappa shape index (κ1) is 7.72. The maximum Gasteiger partial charge on any atom is 0.0851 e. The average molecular weight is 130 g/mol. The van der Waals surface area contributed by atoms with E-state index in [4.69, 9.17) is 5.14 Å². The number of hydrogen-bond donors (Lipinski definition) is 1. The Balaban J connectivity index is 3.75. The van der Waals surface area contributed by atoms with Crippen molar-refractivity contribution in [2.24, 2.45) is 10.1 Å². The highest BCUT2D eigenvalue weighted by Gasteiger charge is 1.83. The lowest BCUT2D eigenvalue weighted by molar-refractivity contribution is 1.33. The predicted octanol–water partition coefficient (Wildman–Crippen LogP) is 1.55. The van der Waals surface area contributed by atoms with Gasteiger partial charge in [0.1, 0.15) is 0 Å². The van der Waals surface area contributed by atoms with Crippen LogP contribution in [0.25, 0.3) is 0 Å². The van der Waals surface area contributed by atoms with E-state index in [1.165, 1.54) is 0 Å². The summed E-state index contributed by atoms with van der Waals surface area (Å²) in [6.07, 6.45) is 0. The molecule has 8 heavy (non-hydrogen) atoms. The molecule has 46 valence electrons. The number of allylic oxidation sites excluding steroid dienone is 1. The van der Waals surface area contributed by atoms with Crippen LogP contribution < -0.4 is 5.14 Å². The largest absolute Gasteiger partial charge is 0.273 e. The Morgan fingerprint density at radius 3 is 2.25 bits per heavy atom. The molecule has 0 bridgehead atoms. The van der Waals surface area contributed by atoms with E-state index in [1.807, 2.05) is 13.8 Å². The second-order valence-corrected chi connectivity index (χ2v) is 2.31. The normalized spacial score (nSPS) is 11.6. The summed E-state index contributed by atoms with van der Waals surface area (Å²) in [6.45, 7) is 7.27. The summed E-state index contributed by atoms with van der Waals surface area (Å²) in [5.74, 6) is 0. The smallest absolute Gasteiger partial charge is 0.0851 e. The lowest BCUT2D eigenvalue weighted by Gasteiger charge is -1.90. The maximum absolute atomic E-state index is 5.17. The quantitative estimate of drug-likeness (QED) is 0.332. The van der Waals surface area contributed by atoms with Gasteiger partial charge in [-0.25, -0.2) is 0 Å². The second kappa shape index (κ2) is 3.69. The minimum absolute atomic E-state index is 0.792. The predicted molar refractivity (Wildman–Crippen MR) is 39.7 cm³/mol. The summed E-state index contributed by atoms with van der Waals surface area (Å²) in [7, 11) is 0. The summed E-state index contributed by atoms with van der Waals surface area (Å²) in [6, 6.07) is 0. The van der Waals surface area contributed by atoms with Gasteiger partial charge in [0, 0.05) is 5.70 Å². The fourth-order valence-corrected chi connectivity index (χ4v) is 0.504. The topological polar surface area (TPSA) is 38.4 Å². The highest BCUT2D eigenvalue weighted by Crippen LogP contribution is 1.96. The maximum atomic E-state index is 5.17. The van der Waals surface area contributed by atoms with Crippen LogP contribution in [-0.4, -0.2) is 5.04 Å². The standard InChI is InChI=1S/C5H10N2S/c1-4(2)7-5(3)8-6/h1,6H2,2-3H3. The molecule has 2 nitrogen and oxygen atoms in total. The van der Waals surface area contributed by atoms with Crippen molar-refractivity contribution in [3.05, 3.63) is 12.3 Å². The molecule has 0 amide bonds. The van der Waals surface area contributed by atoms with Gasteiger partial charge in [0.2, 0.25) is 0 Å². The Morgan fingerprint density at radius 1 is 1.62 bits per heavy atom. The van der Waals surface area contributed by atoms with Gasteiger partial charge in [-0.05, 0) is 25.8 Å². The van der Waals surface area contributed by atoms with Gasteiger partial charge in [0.15, 0.2) is 0 Å². The number of nitrogens with two attached hydrogens (primary N) is 1. The molecule has 0 fully saturated rings. The third-order valence-corrected chi connectivity index (χ3v) is 0.951. The van der Waals surface area contributed by atoms with Crippen molar-refractivity contribution in [1.82, 2.24) is 0 Å². The summed E-state index contributed by atoms with van der Waals surface area (Å²) in [5, 5.41) is 6.01. The molecule has 0 heterocycles. The van der Waals surface area contributed by atoms with Crippen LogP contribution in [0.3, 0.4) is 0 Å². The zero-order valence-corrected chi connectivity index (χ0v) is 5.96. The van der Waals surface area contributed by atoms with Crippen LogP contribution >= 0.6 is 11.9 Å². The van der Waals surface area contributed by atoms with Gasteiger partial charge in [-0.3, -0.25) is 10.1 Å². The number of hydrogen-bond acceptors (Lipinski definition) is 3. The fourth-order valence-electron chi connectivity index (χ4n) is 0.295. The molecule has 0 unspecified atom stereocenters. The number of aliphatic imine (C=N–C) groups is 1. The van der Waals surface area contributed by atoms with Crippen molar-refractivity contribution in [2.75, 3.05) is 0 Å². The van der Waals surface area contributed by atoms with Gasteiger partial charge >= 0.3 is 0 Å². The number of nitrogens with zero attached hydrogens (tertiary/aromatic N) is 1. The molecule has 0 saturated carbocycles. The van der Waals surface area contributed by atoms with Gasteiger partial charge in [-0.1, -0.05) is 6.58 Å². The molecule has 0 saturated heterocycles. The van der Waals surface area contributed by atoms with Crippen molar-refractivity contribution in [2.45, 2.75) is 13.8 Å². The molecule has 0 aliphatic rings. The first-order valence-corrected chi connectivity index (χ1v) is 3.12. The lowest BCUT2D eigenvalue weighted by atomic mass is 10.6. The Hall–Kier alpha value is -0.280. The van der Waals surface area contributed by atoms with Crippen molar-refractivity contribution in [3.8, 4) is 0 Å². The van der Waals surface area contributed by atoms with Crippen LogP contribution in [0.1, 0.15) is 13.8 Å². The van der Waals surface area contributed by atoms with Gasteiger partial charge in [-0.15, -0.1) is 0 Å². The zero-order valence-electron chi connectivity index (χ0n) is 5.14. The Labute approximate surface area is 54.0 Å². The van der Waals surface area contributed by atoms with Gasteiger partial charge in [-0.2, -0.15) is 0 Å². The van der Waals surface area contributed by atoms with Crippen molar-refractivity contribution >= 4 is 17.0 Å². The second-order valence-electron chi connectivity index (χ2n) is 1.48. The molecular weight excluding hydrogens is 120 g/mol. The third kappa shape index (κ3) is 3.89. The van der Waals surface area contributed by atoms with E-state index in [0.29, 0.717) is 0 Å². The molecule has 0 aliphatic carbocycles. The fraction of sp³-hybridized carbons (Fsp3) is 0.400. The van der Waals surface area contributed by atoms with Crippen LogP contribution in [0.2, 0.25) is 0 Å². The molecule has 0 aromatic rings. The van der Waals surface area contributed by atoms with E-state index in [2.05, 4.69) is 11.6 Å². The first-order valence-electron chi connectivity index (χ1n) is 2.24. The van der Waals surface area contributed by atoms with Crippen LogP contribution in [0.4, 0.5) is 0 Å². The average Bonchev–Trinajstić information content (AvgIpc) is 1.65.